The molecule has 7 heteroatoms. The van der Waals surface area contributed by atoms with Gasteiger partial charge in [0.25, 0.3) is 0 Å². The second kappa shape index (κ2) is 8.05. The van der Waals surface area contributed by atoms with Crippen molar-refractivity contribution in [1.82, 2.24) is 9.88 Å². The molecule has 1 aliphatic rings. The van der Waals surface area contributed by atoms with E-state index in [1.165, 1.54) is 0 Å². The number of aromatic nitrogens is 1. The highest BCUT2D eigenvalue weighted by molar-refractivity contribution is 7.92. The summed E-state index contributed by atoms with van der Waals surface area (Å²) in [5.74, 6) is 0. The maximum atomic E-state index is 11.3. The molecule has 1 fully saturated rings. The van der Waals surface area contributed by atoms with Crippen LogP contribution in [0.5, 0.6) is 0 Å². The van der Waals surface area contributed by atoms with E-state index in [0.717, 1.165) is 50.1 Å². The highest BCUT2D eigenvalue weighted by atomic mass is 32.2. The first-order valence-corrected chi connectivity index (χ1v) is 10.7. The quantitative estimate of drug-likeness (QED) is 0.842. The normalized spacial score (nSPS) is 16.0. The maximum absolute atomic E-state index is 11.3. The van der Waals surface area contributed by atoms with Crippen LogP contribution in [0.2, 0.25) is 0 Å². The fourth-order valence-corrected chi connectivity index (χ4v) is 3.96. The molecule has 0 saturated carbocycles. The molecule has 140 valence electrons. The summed E-state index contributed by atoms with van der Waals surface area (Å²) in [4.78, 5) is 9.15. The Balaban J connectivity index is 1.53. The van der Waals surface area contributed by atoms with Gasteiger partial charge in [-0.2, -0.15) is 0 Å². The van der Waals surface area contributed by atoms with Gasteiger partial charge in [0.15, 0.2) is 0 Å². The van der Waals surface area contributed by atoms with Crippen molar-refractivity contribution in [3.05, 3.63) is 54.4 Å². The number of nitrogens with one attached hydrogen (secondary N) is 1. The predicted octanol–water partition coefficient (Wildman–Crippen LogP) is 2.55. The smallest absolute Gasteiger partial charge is 0.229 e. The molecule has 1 aromatic carbocycles. The van der Waals surface area contributed by atoms with Crippen molar-refractivity contribution in [2.24, 2.45) is 0 Å². The summed E-state index contributed by atoms with van der Waals surface area (Å²) in [5, 5.41) is 0. The van der Waals surface area contributed by atoms with Crippen molar-refractivity contribution in [2.75, 3.05) is 36.0 Å². The molecular weight excluding hydrogens is 348 g/mol. The van der Waals surface area contributed by atoms with E-state index in [1.54, 1.807) is 0 Å². The van der Waals surface area contributed by atoms with E-state index >= 15 is 0 Å². The van der Waals surface area contributed by atoms with Crippen LogP contribution in [0, 0.1) is 0 Å². The lowest BCUT2D eigenvalue weighted by Crippen LogP contribution is -2.43. The van der Waals surface area contributed by atoms with Crippen LogP contribution in [0.25, 0.3) is 0 Å². The third-order valence-electron chi connectivity index (χ3n) is 4.76. The number of sulfonamides is 1. The molecule has 0 aliphatic carbocycles. The lowest BCUT2D eigenvalue weighted by molar-refractivity contribution is 0.198. The minimum Gasteiger partial charge on any atom is -0.371 e. The van der Waals surface area contributed by atoms with E-state index in [4.69, 9.17) is 0 Å². The lowest BCUT2D eigenvalue weighted by Gasteiger charge is -2.37. The molecule has 0 spiro atoms. The molecule has 1 aromatic heterocycles. The molecule has 1 N–H and O–H groups in total. The maximum Gasteiger partial charge on any atom is 0.229 e. The Kier molecular flexibility index (Phi) is 5.78. The van der Waals surface area contributed by atoms with Gasteiger partial charge in [-0.1, -0.05) is 6.07 Å². The minimum atomic E-state index is -3.23. The van der Waals surface area contributed by atoms with Gasteiger partial charge in [-0.25, -0.2) is 8.42 Å². The molecule has 0 radical (unpaired) electrons. The molecule has 1 saturated heterocycles. The van der Waals surface area contributed by atoms with Crippen LogP contribution in [0.1, 0.15) is 18.5 Å². The predicted molar refractivity (Wildman–Crippen MR) is 106 cm³/mol. The summed E-state index contributed by atoms with van der Waals surface area (Å²) >= 11 is 0. The van der Waals surface area contributed by atoms with Crippen LogP contribution in [0.3, 0.4) is 0 Å². The zero-order valence-electron chi connectivity index (χ0n) is 15.3. The van der Waals surface area contributed by atoms with Crippen molar-refractivity contribution < 1.29 is 8.42 Å². The highest BCUT2D eigenvalue weighted by Crippen LogP contribution is 2.24. The molecule has 26 heavy (non-hydrogen) atoms. The Bertz CT molecular complexity index is 801. The topological polar surface area (TPSA) is 65.5 Å². The van der Waals surface area contributed by atoms with Gasteiger partial charge in [0.05, 0.1) is 11.9 Å². The van der Waals surface area contributed by atoms with E-state index in [0.29, 0.717) is 11.7 Å². The zero-order chi connectivity index (χ0) is 18.6. The van der Waals surface area contributed by atoms with Gasteiger partial charge >= 0.3 is 0 Å². The molecule has 0 unspecified atom stereocenters. The van der Waals surface area contributed by atoms with E-state index in [-0.39, 0.29) is 0 Å². The van der Waals surface area contributed by atoms with Crippen LogP contribution in [-0.4, -0.2) is 50.7 Å². The first kappa shape index (κ1) is 18.7. The number of pyridine rings is 1. The first-order chi connectivity index (χ1) is 12.4. The largest absolute Gasteiger partial charge is 0.371 e. The summed E-state index contributed by atoms with van der Waals surface area (Å²) in [5.41, 5.74) is 2.84. The third-order valence-corrected chi connectivity index (χ3v) is 5.37. The van der Waals surface area contributed by atoms with Crippen LogP contribution < -0.4 is 9.62 Å². The number of hydrogen-bond donors (Lipinski definition) is 1. The van der Waals surface area contributed by atoms with Crippen molar-refractivity contribution >= 4 is 21.4 Å². The van der Waals surface area contributed by atoms with Crippen LogP contribution in [-0.2, 0) is 16.6 Å². The van der Waals surface area contributed by atoms with Crippen molar-refractivity contribution in [3.8, 4) is 0 Å². The fraction of sp³-hybridized carbons (Fsp3) is 0.421. The van der Waals surface area contributed by atoms with E-state index in [2.05, 4.69) is 32.6 Å². The molecule has 1 aliphatic heterocycles. The Morgan fingerprint density at radius 2 is 1.85 bits per heavy atom. The molecule has 0 amide bonds. The average Bonchev–Trinajstić information content (AvgIpc) is 2.62. The molecule has 0 bridgehead atoms. The highest BCUT2D eigenvalue weighted by Gasteiger charge is 2.23. The van der Waals surface area contributed by atoms with Gasteiger partial charge in [0.2, 0.25) is 10.0 Å². The van der Waals surface area contributed by atoms with Gasteiger partial charge in [-0.05, 0) is 56.3 Å². The summed E-state index contributed by atoms with van der Waals surface area (Å²) in [7, 11) is -1.06. The molecular formula is C19H26N4O2S. The van der Waals surface area contributed by atoms with Crippen LogP contribution >= 0.6 is 0 Å². The molecule has 2 heterocycles. The van der Waals surface area contributed by atoms with E-state index < -0.39 is 10.0 Å². The average molecular weight is 375 g/mol. The van der Waals surface area contributed by atoms with Gasteiger partial charge < -0.3 is 4.90 Å². The van der Waals surface area contributed by atoms with Gasteiger partial charge in [0.1, 0.15) is 0 Å². The molecule has 3 rings (SSSR count). The number of nitrogens with zero attached hydrogens (tertiary/aromatic N) is 3. The monoisotopic (exact) mass is 374 g/mol. The van der Waals surface area contributed by atoms with Crippen molar-refractivity contribution in [2.45, 2.75) is 25.4 Å². The molecule has 2 aromatic rings. The van der Waals surface area contributed by atoms with Crippen molar-refractivity contribution in [1.29, 1.82) is 0 Å². The second-order valence-corrected chi connectivity index (χ2v) is 8.62. The molecule has 6 nitrogen and oxygen atoms in total. The third kappa shape index (κ3) is 5.19. The standard InChI is InChI=1S/C19H26N4O2S/c1-22(15-17-5-3-4-12-20-17)18-10-13-23(14-11-18)19-8-6-16(7-9-19)21-26(2,24)25/h3-9,12,18,21H,10-11,13-15H2,1-2H3. The fourth-order valence-electron chi connectivity index (χ4n) is 3.40. The van der Waals surface area contributed by atoms with Gasteiger partial charge in [-0.3, -0.25) is 14.6 Å². The first-order valence-electron chi connectivity index (χ1n) is 8.84. The zero-order valence-corrected chi connectivity index (χ0v) is 16.1. The van der Waals surface area contributed by atoms with E-state index in [1.807, 2.05) is 42.6 Å². The van der Waals surface area contributed by atoms with Gasteiger partial charge in [0, 0.05) is 43.2 Å². The summed E-state index contributed by atoms with van der Waals surface area (Å²) in [6, 6.07) is 14.2. The Morgan fingerprint density at radius 3 is 2.42 bits per heavy atom. The van der Waals surface area contributed by atoms with Gasteiger partial charge in [-0.15, -0.1) is 0 Å². The van der Waals surface area contributed by atoms with Crippen LogP contribution in [0.15, 0.2) is 48.7 Å². The summed E-state index contributed by atoms with van der Waals surface area (Å²) in [6.07, 6.45) is 5.21. The van der Waals surface area contributed by atoms with Crippen LogP contribution in [0.4, 0.5) is 11.4 Å². The summed E-state index contributed by atoms with van der Waals surface area (Å²) < 4.78 is 25.1. The Hall–Kier alpha value is -2.12. The second-order valence-electron chi connectivity index (χ2n) is 6.88. The van der Waals surface area contributed by atoms with Crippen molar-refractivity contribution in [3.63, 3.8) is 0 Å². The molecule has 0 atom stereocenters. The number of rotatable bonds is 6. The summed E-state index contributed by atoms with van der Waals surface area (Å²) in [6.45, 7) is 2.86. The number of piperidine rings is 1. The van der Waals surface area contributed by atoms with E-state index in [9.17, 15) is 8.42 Å². The Labute approximate surface area is 155 Å². The minimum absolute atomic E-state index is 0.555. The number of benzene rings is 1. The SMILES string of the molecule is CN(Cc1ccccn1)C1CCN(c2ccc(NS(C)(=O)=O)cc2)CC1. The lowest BCUT2D eigenvalue weighted by atomic mass is 10.0. The number of hydrogen-bond acceptors (Lipinski definition) is 5. The Morgan fingerprint density at radius 1 is 1.15 bits per heavy atom. The number of anilines is 2.